The Morgan fingerprint density at radius 2 is 2.18 bits per heavy atom. The molecule has 7 heteroatoms. The highest BCUT2D eigenvalue weighted by atomic mass is 35.5. The molecule has 1 aromatic heterocycles. The van der Waals surface area contributed by atoms with Gasteiger partial charge in [-0.1, -0.05) is 0 Å². The van der Waals surface area contributed by atoms with Crippen molar-refractivity contribution in [3.8, 4) is 5.75 Å². The highest BCUT2D eigenvalue weighted by molar-refractivity contribution is 5.95. The molecule has 0 bridgehead atoms. The molecule has 0 radical (unpaired) electrons. The van der Waals surface area contributed by atoms with Crippen LogP contribution in [0, 0.1) is 0 Å². The Hall–Kier alpha value is -1.04. The first-order chi connectivity index (χ1) is 9.56. The van der Waals surface area contributed by atoms with Crippen LogP contribution in [-0.2, 0) is 0 Å². The summed E-state index contributed by atoms with van der Waals surface area (Å²) in [6.07, 6.45) is 3.53. The summed E-state index contributed by atoms with van der Waals surface area (Å²) in [5.41, 5.74) is 0.368. The largest absolute Gasteiger partial charge is 0.489 e. The molecule has 1 aliphatic rings. The van der Waals surface area contributed by atoms with Crippen LogP contribution in [-0.4, -0.2) is 35.6 Å². The van der Waals surface area contributed by atoms with Crippen molar-refractivity contribution in [2.45, 2.75) is 51.8 Å². The number of carbonyl (C=O) groups excluding carboxylic acids is 1. The number of pyridine rings is 1. The molecule has 1 aliphatic heterocycles. The fourth-order valence-corrected chi connectivity index (χ4v) is 2.43. The lowest BCUT2D eigenvalue weighted by atomic mass is 10.0. The van der Waals surface area contributed by atoms with Crippen LogP contribution in [0.1, 0.15) is 44.1 Å². The molecule has 5 nitrogen and oxygen atoms in total. The number of hydrogen-bond acceptors (Lipinski definition) is 4. The van der Waals surface area contributed by atoms with Crippen LogP contribution < -0.4 is 15.4 Å². The van der Waals surface area contributed by atoms with Gasteiger partial charge < -0.3 is 15.4 Å². The molecule has 1 amide bonds. The average Bonchev–Trinajstić information content (AvgIpc) is 2.38. The predicted octanol–water partition coefficient (Wildman–Crippen LogP) is 2.58. The minimum absolute atomic E-state index is 0. The van der Waals surface area contributed by atoms with Crippen molar-refractivity contribution in [1.82, 2.24) is 15.6 Å². The van der Waals surface area contributed by atoms with E-state index in [9.17, 15) is 4.79 Å². The van der Waals surface area contributed by atoms with Gasteiger partial charge in [0.25, 0.3) is 5.91 Å². The summed E-state index contributed by atoms with van der Waals surface area (Å²) in [4.78, 5) is 16.5. The van der Waals surface area contributed by atoms with E-state index in [1.54, 1.807) is 18.3 Å². The van der Waals surface area contributed by atoms with Crippen molar-refractivity contribution in [2.24, 2.45) is 0 Å². The Morgan fingerprint density at radius 1 is 1.45 bits per heavy atom. The molecular formula is C15H25Cl2N3O2. The molecule has 126 valence electrons. The first-order valence-corrected chi connectivity index (χ1v) is 7.22. The molecule has 0 spiro atoms. The van der Waals surface area contributed by atoms with Crippen LogP contribution in [0.4, 0.5) is 0 Å². The first-order valence-electron chi connectivity index (χ1n) is 7.22. The highest BCUT2D eigenvalue weighted by Gasteiger charge is 2.22. The fourth-order valence-electron chi connectivity index (χ4n) is 2.43. The number of nitrogens with zero attached hydrogens (tertiary/aromatic N) is 1. The van der Waals surface area contributed by atoms with E-state index >= 15 is 0 Å². The Kier molecular flexibility index (Phi) is 9.41. The van der Waals surface area contributed by atoms with Crippen LogP contribution >= 0.6 is 24.8 Å². The monoisotopic (exact) mass is 349 g/mol. The molecule has 2 unspecified atom stereocenters. The lowest BCUT2D eigenvalue weighted by Gasteiger charge is -2.28. The summed E-state index contributed by atoms with van der Waals surface area (Å²) in [7, 11) is 0. The van der Waals surface area contributed by atoms with E-state index < -0.39 is 0 Å². The van der Waals surface area contributed by atoms with Crippen molar-refractivity contribution in [1.29, 1.82) is 0 Å². The number of aromatic nitrogens is 1. The van der Waals surface area contributed by atoms with E-state index in [1.807, 2.05) is 13.8 Å². The molecule has 0 saturated carbocycles. The topological polar surface area (TPSA) is 63.2 Å². The second kappa shape index (κ2) is 9.87. The van der Waals surface area contributed by atoms with Crippen molar-refractivity contribution < 1.29 is 9.53 Å². The van der Waals surface area contributed by atoms with Crippen LogP contribution in [0.3, 0.4) is 0 Å². The molecule has 2 N–H and O–H groups in total. The number of rotatable bonds is 4. The van der Waals surface area contributed by atoms with E-state index in [1.165, 1.54) is 0 Å². The molecule has 2 heterocycles. The smallest absolute Gasteiger partial charge is 0.273 e. The third kappa shape index (κ3) is 5.99. The Balaban J connectivity index is 0.00000220. The van der Waals surface area contributed by atoms with E-state index in [2.05, 4.69) is 22.5 Å². The summed E-state index contributed by atoms with van der Waals surface area (Å²) in [6, 6.07) is 4.20. The van der Waals surface area contributed by atoms with Gasteiger partial charge in [-0.3, -0.25) is 4.79 Å². The number of piperidine rings is 1. The number of nitrogens with one attached hydrogen (secondary N) is 2. The van der Waals surface area contributed by atoms with Gasteiger partial charge in [0.2, 0.25) is 0 Å². The molecule has 0 aliphatic carbocycles. The van der Waals surface area contributed by atoms with Gasteiger partial charge in [-0.2, -0.15) is 0 Å². The van der Waals surface area contributed by atoms with Gasteiger partial charge in [0.1, 0.15) is 0 Å². The van der Waals surface area contributed by atoms with Gasteiger partial charge in [0.15, 0.2) is 11.4 Å². The lowest BCUT2D eigenvalue weighted by molar-refractivity contribution is 0.0914. The van der Waals surface area contributed by atoms with Gasteiger partial charge in [0.05, 0.1) is 6.10 Å². The standard InChI is InChI=1S/C15H23N3O2.2ClH/c1-10(2)20-13-5-4-7-17-14(13)15(19)18-12-6-8-16-11(3)9-12;;/h4-5,7,10-12,16H,6,8-9H2,1-3H3,(H,18,19);2*1H. The molecule has 2 atom stereocenters. The molecule has 0 aromatic carbocycles. The van der Waals surface area contributed by atoms with E-state index in [0.717, 1.165) is 19.4 Å². The Morgan fingerprint density at radius 3 is 2.82 bits per heavy atom. The zero-order valence-electron chi connectivity index (χ0n) is 13.2. The normalized spacial score (nSPS) is 20.5. The summed E-state index contributed by atoms with van der Waals surface area (Å²) < 4.78 is 5.64. The van der Waals surface area contributed by atoms with E-state index in [-0.39, 0.29) is 42.9 Å². The molecule has 22 heavy (non-hydrogen) atoms. The Bertz CT molecular complexity index is 472. The van der Waals surface area contributed by atoms with E-state index in [0.29, 0.717) is 17.5 Å². The summed E-state index contributed by atoms with van der Waals surface area (Å²) >= 11 is 0. The second-order valence-electron chi connectivity index (χ2n) is 5.57. The van der Waals surface area contributed by atoms with E-state index in [4.69, 9.17) is 4.74 Å². The maximum atomic E-state index is 12.3. The SMILES string of the molecule is CC1CC(NC(=O)c2ncccc2OC(C)C)CCN1.Cl.Cl. The van der Waals surface area contributed by atoms with Crippen LogP contribution in [0.5, 0.6) is 5.75 Å². The molecule has 1 fully saturated rings. The zero-order valence-corrected chi connectivity index (χ0v) is 14.8. The zero-order chi connectivity index (χ0) is 14.5. The van der Waals surface area contributed by atoms with Crippen molar-refractivity contribution in [2.75, 3.05) is 6.54 Å². The predicted molar refractivity (Wildman–Crippen MR) is 92.4 cm³/mol. The quantitative estimate of drug-likeness (QED) is 0.876. The molecule has 2 rings (SSSR count). The summed E-state index contributed by atoms with van der Waals surface area (Å²) in [6.45, 7) is 6.93. The fraction of sp³-hybridized carbons (Fsp3) is 0.600. The first kappa shape index (κ1) is 21.0. The molecule has 1 saturated heterocycles. The molecular weight excluding hydrogens is 325 g/mol. The van der Waals surface area contributed by atoms with Crippen molar-refractivity contribution in [3.63, 3.8) is 0 Å². The minimum Gasteiger partial charge on any atom is -0.489 e. The van der Waals surface area contributed by atoms with Crippen LogP contribution in [0.25, 0.3) is 0 Å². The van der Waals surface area contributed by atoms with Crippen molar-refractivity contribution >= 4 is 30.7 Å². The number of carbonyl (C=O) groups is 1. The van der Waals surface area contributed by atoms with Gasteiger partial charge in [-0.15, -0.1) is 24.8 Å². The van der Waals surface area contributed by atoms with Crippen LogP contribution in [0.2, 0.25) is 0 Å². The van der Waals surface area contributed by atoms with Crippen molar-refractivity contribution in [3.05, 3.63) is 24.0 Å². The van der Waals surface area contributed by atoms with Gasteiger partial charge in [0, 0.05) is 18.3 Å². The molecule has 1 aromatic rings. The van der Waals surface area contributed by atoms with Crippen LogP contribution in [0.15, 0.2) is 18.3 Å². The Labute approximate surface area is 144 Å². The highest BCUT2D eigenvalue weighted by Crippen LogP contribution is 2.18. The van der Waals surface area contributed by atoms with Gasteiger partial charge in [-0.05, 0) is 52.3 Å². The second-order valence-corrected chi connectivity index (χ2v) is 5.57. The number of ether oxygens (including phenoxy) is 1. The summed E-state index contributed by atoms with van der Waals surface area (Å²) in [5, 5.41) is 6.43. The number of hydrogen-bond donors (Lipinski definition) is 2. The third-order valence-corrected chi connectivity index (χ3v) is 3.31. The van der Waals surface area contributed by atoms with Gasteiger partial charge in [-0.25, -0.2) is 4.98 Å². The maximum absolute atomic E-state index is 12.3. The number of amides is 1. The third-order valence-electron chi connectivity index (χ3n) is 3.31. The number of halogens is 2. The maximum Gasteiger partial charge on any atom is 0.273 e. The minimum atomic E-state index is -0.152. The lowest BCUT2D eigenvalue weighted by Crippen LogP contribution is -2.46. The average molecular weight is 350 g/mol. The van der Waals surface area contributed by atoms with Gasteiger partial charge >= 0.3 is 0 Å². The summed E-state index contributed by atoms with van der Waals surface area (Å²) in [5.74, 6) is 0.391.